The molecule has 0 amide bonds. The molecule has 1 aromatic rings. The van der Waals surface area contributed by atoms with E-state index in [9.17, 15) is 19.2 Å². The summed E-state index contributed by atoms with van der Waals surface area (Å²) in [6, 6.07) is 6.74. The summed E-state index contributed by atoms with van der Waals surface area (Å²) in [5.74, 6) is -1.72. The molecule has 0 spiro atoms. The van der Waals surface area contributed by atoms with Crippen molar-refractivity contribution in [3.63, 3.8) is 0 Å². The van der Waals surface area contributed by atoms with Crippen LogP contribution in [0.25, 0.3) is 0 Å². The summed E-state index contributed by atoms with van der Waals surface area (Å²) in [5, 5.41) is 0. The molecule has 5 atom stereocenters. The maximum Gasteiger partial charge on any atom is 0.303 e. The molecule has 11 nitrogen and oxygen atoms in total. The molecule has 0 bridgehead atoms. The number of ether oxygens (including phenoxy) is 7. The highest BCUT2D eigenvalue weighted by Gasteiger charge is 2.53. The van der Waals surface area contributed by atoms with Crippen molar-refractivity contribution < 1.29 is 52.3 Å². The number of hydrogen-bond acceptors (Lipinski definition) is 11. The summed E-state index contributed by atoms with van der Waals surface area (Å²) in [6.07, 6.45) is -1.85. The maximum absolute atomic E-state index is 11.9. The number of benzene rings is 1. The van der Waals surface area contributed by atoms with Crippen molar-refractivity contribution in [3.8, 4) is 11.5 Å². The smallest absolute Gasteiger partial charge is 0.303 e. The third-order valence-corrected chi connectivity index (χ3v) is 5.29. The van der Waals surface area contributed by atoms with Crippen molar-refractivity contribution >= 4 is 23.9 Å². The van der Waals surface area contributed by atoms with Crippen LogP contribution in [0.2, 0.25) is 0 Å². The van der Waals surface area contributed by atoms with Crippen molar-refractivity contribution in [1.82, 2.24) is 0 Å². The first-order chi connectivity index (χ1) is 17.6. The molecule has 1 aliphatic heterocycles. The van der Waals surface area contributed by atoms with Gasteiger partial charge in [-0.05, 0) is 30.7 Å². The van der Waals surface area contributed by atoms with Gasteiger partial charge < -0.3 is 33.2 Å². The minimum atomic E-state index is -1.30. The summed E-state index contributed by atoms with van der Waals surface area (Å²) >= 11 is 0. The molecule has 0 N–H and O–H groups in total. The first kappa shape index (κ1) is 29.9. The topological polar surface area (TPSA) is 133 Å². The number of rotatable bonds is 13. The van der Waals surface area contributed by atoms with Gasteiger partial charge in [0.1, 0.15) is 24.2 Å². The molecule has 0 saturated carbocycles. The maximum atomic E-state index is 11.9. The molecule has 11 heteroatoms. The lowest BCUT2D eigenvalue weighted by Crippen LogP contribution is -2.63. The average molecular weight is 525 g/mol. The van der Waals surface area contributed by atoms with E-state index in [1.54, 1.807) is 24.3 Å². The molecule has 1 fully saturated rings. The van der Waals surface area contributed by atoms with E-state index in [0.29, 0.717) is 18.1 Å². The molecular formula is C26H36O11. The lowest BCUT2D eigenvalue weighted by molar-refractivity contribution is -0.288. The van der Waals surface area contributed by atoms with Gasteiger partial charge >= 0.3 is 23.9 Å². The minimum Gasteiger partial charge on any atom is -0.494 e. The number of unbranched alkanes of at least 4 members (excludes halogenated alkanes) is 3. The van der Waals surface area contributed by atoms with Gasteiger partial charge in [-0.15, -0.1) is 0 Å². The number of esters is 4. The zero-order valence-electron chi connectivity index (χ0n) is 21.9. The highest BCUT2D eigenvalue weighted by molar-refractivity contribution is 5.68. The van der Waals surface area contributed by atoms with E-state index in [1.165, 1.54) is 13.8 Å². The summed E-state index contributed by atoms with van der Waals surface area (Å²) < 4.78 is 38.8. The lowest BCUT2D eigenvalue weighted by atomic mass is 9.98. The van der Waals surface area contributed by atoms with Crippen molar-refractivity contribution in [2.45, 2.75) is 91.0 Å². The predicted molar refractivity (Wildman–Crippen MR) is 129 cm³/mol. The first-order valence-electron chi connectivity index (χ1n) is 12.3. The van der Waals surface area contributed by atoms with Crippen molar-refractivity contribution in [2.24, 2.45) is 0 Å². The van der Waals surface area contributed by atoms with Crippen LogP contribution in [0.3, 0.4) is 0 Å². The van der Waals surface area contributed by atoms with Gasteiger partial charge in [0.05, 0.1) is 6.61 Å². The SMILES string of the molecule is CCCCCCOc1ccc(O[C@H]2OC(COC(C)=O)[C@@H](OC(C)=O)C(OC(C)=O)C2OC(C)=O)cc1. The van der Waals surface area contributed by atoms with Gasteiger partial charge in [0.25, 0.3) is 0 Å². The van der Waals surface area contributed by atoms with Crippen LogP contribution in [0, 0.1) is 0 Å². The second-order valence-electron chi connectivity index (χ2n) is 8.57. The van der Waals surface area contributed by atoms with Gasteiger partial charge in [0.15, 0.2) is 12.2 Å². The predicted octanol–water partition coefficient (Wildman–Crippen LogP) is 3.11. The molecule has 206 valence electrons. The monoisotopic (exact) mass is 524 g/mol. The number of hydrogen-bond donors (Lipinski definition) is 0. The van der Waals surface area contributed by atoms with Gasteiger partial charge in [-0.25, -0.2) is 0 Å². The van der Waals surface area contributed by atoms with E-state index in [2.05, 4.69) is 6.92 Å². The lowest BCUT2D eigenvalue weighted by Gasteiger charge is -2.43. The summed E-state index contributed by atoms with van der Waals surface area (Å²) in [4.78, 5) is 47.1. The van der Waals surface area contributed by atoms with E-state index in [1.807, 2.05) is 0 Å². The molecule has 0 aromatic heterocycles. The highest BCUT2D eigenvalue weighted by Crippen LogP contribution is 2.31. The Kier molecular flexibility index (Phi) is 12.1. The first-order valence-corrected chi connectivity index (χ1v) is 12.3. The van der Waals surface area contributed by atoms with Crippen LogP contribution in [0.1, 0.15) is 60.3 Å². The largest absolute Gasteiger partial charge is 0.494 e. The van der Waals surface area contributed by atoms with Crippen LogP contribution in [0.5, 0.6) is 11.5 Å². The third kappa shape index (κ3) is 10.3. The van der Waals surface area contributed by atoms with Crippen molar-refractivity contribution in [1.29, 1.82) is 0 Å². The van der Waals surface area contributed by atoms with E-state index in [-0.39, 0.29) is 6.61 Å². The molecule has 3 unspecified atom stereocenters. The highest BCUT2D eigenvalue weighted by atomic mass is 16.7. The Morgan fingerprint density at radius 2 is 1.30 bits per heavy atom. The summed E-state index contributed by atoms with van der Waals surface area (Å²) in [6.45, 7) is 7.10. The molecule has 2 rings (SSSR count). The van der Waals surface area contributed by atoms with E-state index in [0.717, 1.165) is 39.5 Å². The fraction of sp³-hybridized carbons (Fsp3) is 0.615. The van der Waals surface area contributed by atoms with Gasteiger partial charge in [0, 0.05) is 27.7 Å². The Hall–Kier alpha value is -3.34. The van der Waals surface area contributed by atoms with Crippen LogP contribution in [0.4, 0.5) is 0 Å². The van der Waals surface area contributed by atoms with Crippen LogP contribution >= 0.6 is 0 Å². The second kappa shape index (κ2) is 15.0. The summed E-state index contributed by atoms with van der Waals surface area (Å²) in [5.41, 5.74) is 0. The fourth-order valence-electron chi connectivity index (χ4n) is 3.75. The van der Waals surface area contributed by atoms with Crippen LogP contribution in [-0.2, 0) is 42.9 Å². The molecule has 37 heavy (non-hydrogen) atoms. The van der Waals surface area contributed by atoms with Gasteiger partial charge in [-0.1, -0.05) is 26.2 Å². The summed E-state index contributed by atoms with van der Waals surface area (Å²) in [7, 11) is 0. The zero-order chi connectivity index (χ0) is 27.4. The van der Waals surface area contributed by atoms with Crippen LogP contribution in [-0.4, -0.2) is 67.8 Å². The Bertz CT molecular complexity index is 898. The number of carbonyl (C=O) groups is 4. The Morgan fingerprint density at radius 1 is 0.730 bits per heavy atom. The molecule has 1 aliphatic rings. The van der Waals surface area contributed by atoms with E-state index < -0.39 is 54.6 Å². The van der Waals surface area contributed by atoms with E-state index >= 15 is 0 Å². The number of carbonyl (C=O) groups excluding carboxylic acids is 4. The van der Waals surface area contributed by atoms with Crippen molar-refractivity contribution in [3.05, 3.63) is 24.3 Å². The molecule has 1 saturated heterocycles. The third-order valence-electron chi connectivity index (χ3n) is 5.29. The molecule has 0 radical (unpaired) electrons. The molecule has 0 aliphatic carbocycles. The van der Waals surface area contributed by atoms with Gasteiger partial charge in [0.2, 0.25) is 12.4 Å². The minimum absolute atomic E-state index is 0.331. The van der Waals surface area contributed by atoms with Crippen molar-refractivity contribution in [2.75, 3.05) is 13.2 Å². The normalized spacial score (nSPS) is 22.9. The quantitative estimate of drug-likeness (QED) is 0.214. The van der Waals surface area contributed by atoms with Crippen LogP contribution < -0.4 is 9.47 Å². The second-order valence-corrected chi connectivity index (χ2v) is 8.57. The molecule has 1 heterocycles. The molecular weight excluding hydrogens is 488 g/mol. The van der Waals surface area contributed by atoms with Gasteiger partial charge in [-0.2, -0.15) is 0 Å². The Balaban J connectivity index is 2.26. The van der Waals surface area contributed by atoms with E-state index in [4.69, 9.17) is 33.2 Å². The molecule has 1 aromatic carbocycles. The Labute approximate surface area is 216 Å². The zero-order valence-corrected chi connectivity index (χ0v) is 21.9. The average Bonchev–Trinajstić information content (AvgIpc) is 2.81. The van der Waals surface area contributed by atoms with Gasteiger partial charge in [-0.3, -0.25) is 19.2 Å². The Morgan fingerprint density at radius 3 is 1.86 bits per heavy atom. The fourth-order valence-corrected chi connectivity index (χ4v) is 3.75. The van der Waals surface area contributed by atoms with Crippen LogP contribution in [0.15, 0.2) is 24.3 Å². The standard InChI is InChI=1S/C26H36O11/c1-6-7-8-9-14-31-20-10-12-21(13-11-20)36-26-25(35-19(5)30)24(34-18(4)29)23(33-17(3)28)22(37-26)15-32-16(2)27/h10-13,22-26H,6-9,14-15H2,1-5H3/t22?,23-,24?,25?,26+/m1/s1.